The van der Waals surface area contributed by atoms with Crippen LogP contribution in [-0.4, -0.2) is 105 Å². The minimum absolute atomic E-state index is 0.0235. The summed E-state index contributed by atoms with van der Waals surface area (Å²) < 4.78 is 27.5. The van der Waals surface area contributed by atoms with Gasteiger partial charge in [-0.05, 0) is 38.9 Å². The van der Waals surface area contributed by atoms with Crippen LogP contribution < -0.4 is 10.2 Å². The van der Waals surface area contributed by atoms with E-state index >= 15 is 0 Å². The predicted molar refractivity (Wildman–Crippen MR) is 124 cm³/mol. The van der Waals surface area contributed by atoms with Gasteiger partial charge in [0.1, 0.15) is 5.69 Å². The van der Waals surface area contributed by atoms with Gasteiger partial charge >= 0.3 is 0 Å². The quantitative estimate of drug-likeness (QED) is 0.438. The molecule has 1 aliphatic carbocycles. The van der Waals surface area contributed by atoms with Gasteiger partial charge in [0.05, 0.1) is 15.9 Å². The predicted octanol–water partition coefficient (Wildman–Crippen LogP) is 0.320. The molecule has 1 unspecified atom stereocenters. The van der Waals surface area contributed by atoms with Crippen LogP contribution in [0.5, 0.6) is 0 Å². The van der Waals surface area contributed by atoms with Crippen LogP contribution in [0.2, 0.25) is 0 Å². The Morgan fingerprint density at radius 3 is 2.30 bits per heavy atom. The Morgan fingerprint density at radius 1 is 1.09 bits per heavy atom. The highest BCUT2D eigenvalue weighted by molar-refractivity contribution is 7.89. The fourth-order valence-corrected chi connectivity index (χ4v) is 5.76. The van der Waals surface area contributed by atoms with Crippen LogP contribution >= 0.6 is 0 Å². The summed E-state index contributed by atoms with van der Waals surface area (Å²) in [7, 11) is -1.86. The monoisotopic (exact) mass is 480 g/mol. The highest BCUT2D eigenvalue weighted by Crippen LogP contribution is 2.33. The van der Waals surface area contributed by atoms with Crippen LogP contribution in [0.25, 0.3) is 0 Å². The molecule has 1 amide bonds. The zero-order valence-corrected chi connectivity index (χ0v) is 20.0. The van der Waals surface area contributed by atoms with Crippen LogP contribution in [0.4, 0.5) is 11.4 Å². The number of benzene rings is 1. The minimum Gasteiger partial charge on any atom is -0.363 e. The van der Waals surface area contributed by atoms with E-state index in [1.807, 2.05) is 23.8 Å². The summed E-state index contributed by atoms with van der Waals surface area (Å²) in [5, 5.41) is 14.9. The van der Waals surface area contributed by atoms with Crippen LogP contribution in [0.15, 0.2) is 23.1 Å². The number of piperazine rings is 2. The first-order chi connectivity index (χ1) is 15.7. The summed E-state index contributed by atoms with van der Waals surface area (Å²) in [4.78, 5) is 29.6. The number of hydrogen-bond donors (Lipinski definition) is 1. The topological polar surface area (TPSA) is 119 Å². The molecule has 2 heterocycles. The van der Waals surface area contributed by atoms with Crippen molar-refractivity contribution in [3.63, 3.8) is 0 Å². The van der Waals surface area contributed by atoms with E-state index < -0.39 is 14.9 Å². The largest absolute Gasteiger partial charge is 0.363 e. The van der Waals surface area contributed by atoms with Gasteiger partial charge in [-0.3, -0.25) is 19.8 Å². The molecule has 1 aromatic carbocycles. The van der Waals surface area contributed by atoms with Gasteiger partial charge in [-0.1, -0.05) is 0 Å². The molecule has 0 radical (unpaired) electrons. The number of likely N-dealkylation sites (N-methyl/N-ethyl adjacent to an activating group) is 1. The van der Waals surface area contributed by atoms with Crippen molar-refractivity contribution < 1.29 is 18.1 Å². The molecule has 1 atom stereocenters. The molecule has 0 aromatic heterocycles. The highest BCUT2D eigenvalue weighted by atomic mass is 32.2. The molecule has 1 saturated carbocycles. The second-order valence-electron chi connectivity index (χ2n) is 9.10. The normalized spacial score (nSPS) is 22.2. The first-order valence-electron chi connectivity index (χ1n) is 11.4. The van der Waals surface area contributed by atoms with Crippen molar-refractivity contribution in [2.75, 3.05) is 64.3 Å². The van der Waals surface area contributed by atoms with E-state index in [1.165, 1.54) is 16.4 Å². The van der Waals surface area contributed by atoms with Gasteiger partial charge in [0.15, 0.2) is 0 Å². The maximum absolute atomic E-state index is 13.0. The van der Waals surface area contributed by atoms with Crippen molar-refractivity contribution in [1.29, 1.82) is 0 Å². The maximum atomic E-state index is 13.0. The lowest BCUT2D eigenvalue weighted by atomic mass is 10.2. The number of nitrogens with zero attached hydrogens (tertiary/aromatic N) is 5. The first kappa shape index (κ1) is 23.9. The van der Waals surface area contributed by atoms with E-state index in [9.17, 15) is 23.3 Å². The summed E-state index contributed by atoms with van der Waals surface area (Å²) >= 11 is 0. The molecule has 3 aliphatic rings. The van der Waals surface area contributed by atoms with E-state index in [4.69, 9.17) is 0 Å². The molecule has 11 nitrogen and oxygen atoms in total. The summed E-state index contributed by atoms with van der Waals surface area (Å²) in [6.07, 6.45) is 2.08. The molecule has 1 aromatic rings. The summed E-state index contributed by atoms with van der Waals surface area (Å²) in [6, 6.07) is 4.25. The molecule has 0 bridgehead atoms. The second kappa shape index (κ2) is 9.53. The molecular formula is C21H32N6O5S. The molecule has 12 heteroatoms. The van der Waals surface area contributed by atoms with Gasteiger partial charge in [-0.2, -0.15) is 4.31 Å². The number of sulfonamides is 1. The third-order valence-corrected chi connectivity index (χ3v) is 8.64. The van der Waals surface area contributed by atoms with Crippen LogP contribution in [-0.2, 0) is 14.8 Å². The average molecular weight is 481 g/mol. The van der Waals surface area contributed by atoms with E-state index in [-0.39, 0.29) is 22.5 Å². The van der Waals surface area contributed by atoms with Gasteiger partial charge < -0.3 is 15.1 Å². The summed E-state index contributed by atoms with van der Waals surface area (Å²) in [6.45, 7) is 6.09. The molecule has 2 saturated heterocycles. The van der Waals surface area contributed by atoms with E-state index in [0.29, 0.717) is 64.1 Å². The number of nitrogens with one attached hydrogen (secondary N) is 1. The minimum atomic E-state index is -3.79. The second-order valence-corrected chi connectivity index (χ2v) is 11.0. The van der Waals surface area contributed by atoms with Crippen molar-refractivity contribution in [2.45, 2.75) is 36.7 Å². The first-order valence-corrected chi connectivity index (χ1v) is 12.9. The number of carbonyl (C=O) groups is 1. The van der Waals surface area contributed by atoms with Crippen molar-refractivity contribution in [2.24, 2.45) is 0 Å². The zero-order chi connectivity index (χ0) is 23.8. The van der Waals surface area contributed by atoms with E-state index in [1.54, 1.807) is 6.07 Å². The van der Waals surface area contributed by atoms with Gasteiger partial charge in [0.25, 0.3) is 5.69 Å². The number of nitro benzene ring substituents is 1. The van der Waals surface area contributed by atoms with Gasteiger partial charge in [0.2, 0.25) is 15.9 Å². The molecule has 33 heavy (non-hydrogen) atoms. The molecule has 4 rings (SSSR count). The zero-order valence-electron chi connectivity index (χ0n) is 19.1. The third kappa shape index (κ3) is 5.29. The van der Waals surface area contributed by atoms with Crippen molar-refractivity contribution in [3.8, 4) is 0 Å². The number of anilines is 1. The Morgan fingerprint density at radius 2 is 1.73 bits per heavy atom. The number of hydrogen-bond acceptors (Lipinski definition) is 8. The van der Waals surface area contributed by atoms with Crippen molar-refractivity contribution in [3.05, 3.63) is 28.3 Å². The van der Waals surface area contributed by atoms with Crippen LogP contribution in [0.3, 0.4) is 0 Å². The number of nitro groups is 1. The standard InChI is InChI=1S/C21H32N6O5S/c1-16(21(28)22-17-3-4-17)24-9-11-25(12-10-24)19-6-5-18(15-20(19)27(29)30)33(31,32)26-13-7-23(2)8-14-26/h5-6,15-17H,3-4,7-14H2,1-2H3,(H,22,28). The Labute approximate surface area is 194 Å². The Bertz CT molecular complexity index is 998. The van der Waals surface area contributed by atoms with Crippen LogP contribution in [0.1, 0.15) is 19.8 Å². The highest BCUT2D eigenvalue weighted by Gasteiger charge is 2.33. The van der Waals surface area contributed by atoms with E-state index in [0.717, 1.165) is 12.8 Å². The van der Waals surface area contributed by atoms with E-state index in [2.05, 4.69) is 10.2 Å². The average Bonchev–Trinajstić information content (AvgIpc) is 3.62. The number of rotatable bonds is 7. The Kier molecular flexibility index (Phi) is 6.89. The Balaban J connectivity index is 1.46. The molecule has 1 N–H and O–H groups in total. The molecule has 2 aliphatic heterocycles. The maximum Gasteiger partial charge on any atom is 0.293 e. The molecule has 182 valence electrons. The fourth-order valence-electron chi connectivity index (χ4n) is 4.32. The fraction of sp³-hybridized carbons (Fsp3) is 0.667. The molecular weight excluding hydrogens is 448 g/mol. The number of carbonyl (C=O) groups excluding carboxylic acids is 1. The molecule has 0 spiro atoms. The Hall–Kier alpha value is -2.28. The lowest BCUT2D eigenvalue weighted by Gasteiger charge is -2.38. The SMILES string of the molecule is CC(C(=O)NC1CC1)N1CCN(c2ccc(S(=O)(=O)N3CCN(C)CC3)cc2[N+](=O)[O-])CC1. The van der Waals surface area contributed by atoms with Crippen molar-refractivity contribution >= 4 is 27.3 Å². The van der Waals surface area contributed by atoms with Gasteiger partial charge in [-0.15, -0.1) is 0 Å². The lowest BCUT2D eigenvalue weighted by molar-refractivity contribution is -0.384. The number of amides is 1. The summed E-state index contributed by atoms with van der Waals surface area (Å²) in [5.74, 6) is 0.0235. The van der Waals surface area contributed by atoms with Crippen LogP contribution in [0, 0.1) is 10.1 Å². The lowest BCUT2D eigenvalue weighted by Crippen LogP contribution is -2.54. The van der Waals surface area contributed by atoms with Gasteiger partial charge in [0, 0.05) is 64.5 Å². The van der Waals surface area contributed by atoms with Crippen molar-refractivity contribution in [1.82, 2.24) is 19.4 Å². The molecule has 3 fully saturated rings. The third-order valence-electron chi connectivity index (χ3n) is 6.75. The smallest absolute Gasteiger partial charge is 0.293 e. The van der Waals surface area contributed by atoms with Gasteiger partial charge in [-0.25, -0.2) is 8.42 Å². The summed E-state index contributed by atoms with van der Waals surface area (Å²) in [5.41, 5.74) is 0.199.